The molecule has 112 valence electrons. The van der Waals surface area contributed by atoms with Crippen molar-refractivity contribution in [3.05, 3.63) is 33.4 Å². The van der Waals surface area contributed by atoms with Crippen LogP contribution in [0, 0.1) is 10.1 Å². The standard InChI is InChI=1S/C10H9F2NO5.C2H6/c1-10(11,12)6-3-5(9(15)18-2)4-7(8(6)14)13(16)17;1-2/h3-4,14H,1-2H3;1-2H3. The lowest BCUT2D eigenvalue weighted by molar-refractivity contribution is -0.386. The topological polar surface area (TPSA) is 89.7 Å². The van der Waals surface area contributed by atoms with Gasteiger partial charge >= 0.3 is 11.7 Å². The minimum absolute atomic E-state index is 0.432. The van der Waals surface area contributed by atoms with E-state index in [0.717, 1.165) is 7.11 Å². The summed E-state index contributed by atoms with van der Waals surface area (Å²) in [5, 5.41) is 20.0. The van der Waals surface area contributed by atoms with E-state index in [9.17, 15) is 28.8 Å². The number of hydrogen-bond donors (Lipinski definition) is 1. The molecule has 0 fully saturated rings. The van der Waals surface area contributed by atoms with Crippen molar-refractivity contribution in [2.45, 2.75) is 26.7 Å². The van der Waals surface area contributed by atoms with Gasteiger partial charge in [-0.15, -0.1) is 0 Å². The zero-order valence-corrected chi connectivity index (χ0v) is 11.4. The Morgan fingerprint density at radius 3 is 2.25 bits per heavy atom. The number of carbonyl (C=O) groups excluding carboxylic acids is 1. The molecule has 1 aromatic rings. The van der Waals surface area contributed by atoms with Gasteiger partial charge in [-0.25, -0.2) is 13.6 Å². The second kappa shape index (κ2) is 6.78. The summed E-state index contributed by atoms with van der Waals surface area (Å²) in [6.45, 7) is 4.45. The molecule has 8 heteroatoms. The molecule has 0 aromatic heterocycles. The lowest BCUT2D eigenvalue weighted by Crippen LogP contribution is -2.11. The highest BCUT2D eigenvalue weighted by atomic mass is 19.3. The van der Waals surface area contributed by atoms with Crippen molar-refractivity contribution in [2.75, 3.05) is 7.11 Å². The molecule has 0 atom stereocenters. The number of alkyl halides is 2. The number of esters is 1. The van der Waals surface area contributed by atoms with E-state index in [1.165, 1.54) is 0 Å². The number of nitro benzene ring substituents is 1. The summed E-state index contributed by atoms with van der Waals surface area (Å²) < 4.78 is 30.6. The lowest BCUT2D eigenvalue weighted by atomic mass is 10.0. The number of rotatable bonds is 3. The van der Waals surface area contributed by atoms with E-state index in [-0.39, 0.29) is 0 Å². The summed E-state index contributed by atoms with van der Waals surface area (Å²) in [4.78, 5) is 20.8. The third-order valence-electron chi connectivity index (χ3n) is 2.18. The molecule has 6 nitrogen and oxygen atoms in total. The summed E-state index contributed by atoms with van der Waals surface area (Å²) in [7, 11) is 1.00. The average molecular weight is 291 g/mol. The Balaban J connectivity index is 0.00000172. The Kier molecular flexibility index (Phi) is 6.02. The minimum Gasteiger partial charge on any atom is -0.502 e. The summed E-state index contributed by atoms with van der Waals surface area (Å²) >= 11 is 0. The van der Waals surface area contributed by atoms with Crippen molar-refractivity contribution >= 4 is 11.7 Å². The largest absolute Gasteiger partial charge is 0.502 e. The highest BCUT2D eigenvalue weighted by Gasteiger charge is 2.34. The smallest absolute Gasteiger partial charge is 0.338 e. The van der Waals surface area contributed by atoms with E-state index in [2.05, 4.69) is 4.74 Å². The molecular formula is C12H15F2NO5. The van der Waals surface area contributed by atoms with Gasteiger partial charge in [0.15, 0.2) is 0 Å². The second-order valence-electron chi connectivity index (χ2n) is 3.53. The summed E-state index contributed by atoms with van der Waals surface area (Å²) in [5.41, 5.74) is -2.41. The molecule has 0 bridgehead atoms. The van der Waals surface area contributed by atoms with Crippen LogP contribution in [0.3, 0.4) is 0 Å². The van der Waals surface area contributed by atoms with E-state index < -0.39 is 39.4 Å². The van der Waals surface area contributed by atoms with Crippen molar-refractivity contribution in [1.82, 2.24) is 0 Å². The average Bonchev–Trinajstić information content (AvgIpc) is 2.38. The molecule has 1 N–H and O–H groups in total. The third-order valence-corrected chi connectivity index (χ3v) is 2.18. The number of carbonyl (C=O) groups is 1. The number of benzene rings is 1. The van der Waals surface area contributed by atoms with Crippen molar-refractivity contribution < 1.29 is 28.3 Å². The van der Waals surface area contributed by atoms with E-state index in [1.807, 2.05) is 13.8 Å². The van der Waals surface area contributed by atoms with Crippen LogP contribution >= 0.6 is 0 Å². The summed E-state index contributed by atoms with van der Waals surface area (Å²) in [6, 6.07) is 1.34. The summed E-state index contributed by atoms with van der Waals surface area (Å²) in [5.74, 6) is -5.71. The predicted molar refractivity (Wildman–Crippen MR) is 67.0 cm³/mol. The monoisotopic (exact) mass is 291 g/mol. The molecule has 1 rings (SSSR count). The van der Waals surface area contributed by atoms with Crippen LogP contribution in [0.15, 0.2) is 12.1 Å². The van der Waals surface area contributed by atoms with Crippen LogP contribution in [0.1, 0.15) is 36.7 Å². The van der Waals surface area contributed by atoms with Crippen LogP contribution in [-0.4, -0.2) is 23.1 Å². The number of ether oxygens (including phenoxy) is 1. The highest BCUT2D eigenvalue weighted by molar-refractivity contribution is 5.91. The van der Waals surface area contributed by atoms with Gasteiger partial charge < -0.3 is 9.84 Å². The molecule has 0 aliphatic heterocycles. The quantitative estimate of drug-likeness (QED) is 0.524. The van der Waals surface area contributed by atoms with Crippen molar-refractivity contribution in [3.8, 4) is 5.75 Å². The SMILES string of the molecule is CC.COC(=O)c1cc([N+](=O)[O-])c(O)c(C(C)(F)F)c1. The van der Waals surface area contributed by atoms with Gasteiger partial charge in [0, 0.05) is 13.0 Å². The number of halogens is 2. The first-order valence-electron chi connectivity index (χ1n) is 5.66. The number of methoxy groups -OCH3 is 1. The van der Waals surface area contributed by atoms with Gasteiger partial charge in [0.1, 0.15) is 0 Å². The number of phenolic OH excluding ortho intramolecular Hbond substituents is 1. The molecule has 0 heterocycles. The number of aromatic hydroxyl groups is 1. The van der Waals surface area contributed by atoms with Crippen LogP contribution in [0.25, 0.3) is 0 Å². The third kappa shape index (κ3) is 3.87. The number of hydrogen-bond acceptors (Lipinski definition) is 5. The van der Waals surface area contributed by atoms with E-state index in [1.54, 1.807) is 0 Å². The molecule has 0 radical (unpaired) electrons. The molecule has 0 spiro atoms. The fourth-order valence-corrected chi connectivity index (χ4v) is 1.33. The first-order chi connectivity index (χ1) is 9.18. The Hall–Kier alpha value is -2.25. The van der Waals surface area contributed by atoms with Crippen LogP contribution in [0.5, 0.6) is 5.75 Å². The van der Waals surface area contributed by atoms with Gasteiger partial charge in [0.2, 0.25) is 5.75 Å². The molecule has 1 aromatic carbocycles. The fraction of sp³-hybridized carbons (Fsp3) is 0.417. The minimum atomic E-state index is -3.53. The van der Waals surface area contributed by atoms with Crippen LogP contribution in [0.2, 0.25) is 0 Å². The zero-order valence-electron chi connectivity index (χ0n) is 11.4. The molecular weight excluding hydrogens is 276 g/mol. The van der Waals surface area contributed by atoms with Gasteiger partial charge in [0.25, 0.3) is 5.92 Å². The Bertz CT molecular complexity index is 511. The molecule has 0 amide bonds. The second-order valence-corrected chi connectivity index (χ2v) is 3.53. The number of phenols is 1. The first-order valence-corrected chi connectivity index (χ1v) is 5.66. The van der Waals surface area contributed by atoms with Gasteiger partial charge in [0.05, 0.1) is 23.2 Å². The fourth-order valence-electron chi connectivity index (χ4n) is 1.33. The lowest BCUT2D eigenvalue weighted by Gasteiger charge is -2.13. The van der Waals surface area contributed by atoms with E-state index in [4.69, 9.17) is 0 Å². The van der Waals surface area contributed by atoms with Crippen LogP contribution < -0.4 is 0 Å². The van der Waals surface area contributed by atoms with Crippen LogP contribution in [0.4, 0.5) is 14.5 Å². The first kappa shape index (κ1) is 17.8. The van der Waals surface area contributed by atoms with Crippen LogP contribution in [-0.2, 0) is 10.7 Å². The van der Waals surface area contributed by atoms with Crippen molar-refractivity contribution in [3.63, 3.8) is 0 Å². The summed E-state index contributed by atoms with van der Waals surface area (Å²) in [6.07, 6.45) is 0. The van der Waals surface area contributed by atoms with Gasteiger partial charge in [-0.3, -0.25) is 10.1 Å². The molecule has 0 aliphatic carbocycles. The van der Waals surface area contributed by atoms with Crippen molar-refractivity contribution in [1.29, 1.82) is 0 Å². The molecule has 20 heavy (non-hydrogen) atoms. The Labute approximate surface area is 114 Å². The van der Waals surface area contributed by atoms with E-state index in [0.29, 0.717) is 19.1 Å². The highest BCUT2D eigenvalue weighted by Crippen LogP contribution is 2.40. The van der Waals surface area contributed by atoms with Gasteiger partial charge in [-0.1, -0.05) is 13.8 Å². The molecule has 0 saturated heterocycles. The maximum absolute atomic E-state index is 13.2. The molecule has 0 saturated carbocycles. The maximum atomic E-state index is 13.2. The molecule has 0 aliphatic rings. The number of nitro groups is 1. The Morgan fingerprint density at radius 2 is 1.90 bits per heavy atom. The number of nitrogens with zero attached hydrogens (tertiary/aromatic N) is 1. The predicted octanol–water partition coefficient (Wildman–Crippen LogP) is 3.22. The Morgan fingerprint density at radius 1 is 1.40 bits per heavy atom. The molecule has 0 unspecified atom stereocenters. The zero-order chi connectivity index (χ0) is 16.1. The normalized spacial score (nSPS) is 10.3. The van der Waals surface area contributed by atoms with Gasteiger partial charge in [-0.05, 0) is 6.07 Å². The van der Waals surface area contributed by atoms with Crippen molar-refractivity contribution in [2.24, 2.45) is 0 Å². The van der Waals surface area contributed by atoms with E-state index >= 15 is 0 Å². The van der Waals surface area contributed by atoms with Gasteiger partial charge in [-0.2, -0.15) is 0 Å². The maximum Gasteiger partial charge on any atom is 0.338 e.